The lowest BCUT2D eigenvalue weighted by molar-refractivity contribution is 0.187. The van der Waals surface area contributed by atoms with Crippen LogP contribution in [0.4, 0.5) is 0 Å². The van der Waals surface area contributed by atoms with Crippen molar-refractivity contribution in [3.05, 3.63) is 62.6 Å². The molecule has 0 bridgehead atoms. The molecule has 0 saturated heterocycles. The molecular formula is C20H26N4O3. The summed E-state index contributed by atoms with van der Waals surface area (Å²) in [6.07, 6.45) is 0. The molecule has 0 amide bonds. The maximum atomic E-state index is 12.9. The van der Waals surface area contributed by atoms with Crippen molar-refractivity contribution < 1.29 is 4.74 Å². The maximum absolute atomic E-state index is 12.9. The van der Waals surface area contributed by atoms with Crippen molar-refractivity contribution in [3.63, 3.8) is 0 Å². The first kappa shape index (κ1) is 19.1. The van der Waals surface area contributed by atoms with Gasteiger partial charge in [-0.05, 0) is 19.4 Å². The minimum absolute atomic E-state index is 0.0316. The Balaban J connectivity index is 2.37. The first-order valence-corrected chi connectivity index (χ1v) is 9.14. The molecule has 7 nitrogen and oxygen atoms in total. The van der Waals surface area contributed by atoms with Gasteiger partial charge in [-0.2, -0.15) is 0 Å². The van der Waals surface area contributed by atoms with E-state index in [-0.39, 0.29) is 23.2 Å². The van der Waals surface area contributed by atoms with Gasteiger partial charge in [0.25, 0.3) is 5.56 Å². The number of benzene rings is 1. The number of rotatable bonds is 6. The van der Waals surface area contributed by atoms with Crippen LogP contribution in [0.15, 0.2) is 39.9 Å². The number of methoxy groups -OCH3 is 1. The van der Waals surface area contributed by atoms with Crippen molar-refractivity contribution in [1.82, 2.24) is 18.7 Å². The quantitative estimate of drug-likeness (QED) is 0.667. The van der Waals surface area contributed by atoms with Gasteiger partial charge in [0.05, 0.1) is 6.61 Å². The lowest BCUT2D eigenvalue weighted by Gasteiger charge is -2.15. The Morgan fingerprint density at radius 1 is 1.11 bits per heavy atom. The number of ether oxygens (including phenoxy) is 1. The predicted molar refractivity (Wildman–Crippen MR) is 105 cm³/mol. The Kier molecular flexibility index (Phi) is 5.32. The van der Waals surface area contributed by atoms with Crippen LogP contribution < -0.4 is 11.2 Å². The molecule has 144 valence electrons. The highest BCUT2D eigenvalue weighted by atomic mass is 16.5. The van der Waals surface area contributed by atoms with Crippen molar-refractivity contribution in [2.75, 3.05) is 13.7 Å². The van der Waals surface area contributed by atoms with Crippen LogP contribution in [-0.2, 0) is 18.3 Å². The summed E-state index contributed by atoms with van der Waals surface area (Å²) in [6.45, 7) is 6.83. The van der Waals surface area contributed by atoms with E-state index in [1.807, 2.05) is 48.7 Å². The number of hydrogen-bond acceptors (Lipinski definition) is 4. The Bertz CT molecular complexity index is 1060. The second-order valence-corrected chi connectivity index (χ2v) is 7.03. The van der Waals surface area contributed by atoms with E-state index in [0.717, 1.165) is 16.0 Å². The van der Waals surface area contributed by atoms with E-state index in [1.165, 1.54) is 7.05 Å². The van der Waals surface area contributed by atoms with Gasteiger partial charge in [0.1, 0.15) is 5.82 Å². The molecule has 0 aliphatic rings. The molecule has 0 aliphatic heterocycles. The zero-order valence-corrected chi connectivity index (χ0v) is 16.5. The summed E-state index contributed by atoms with van der Waals surface area (Å²) in [5.41, 5.74) is 1.30. The molecule has 7 heteroatoms. The van der Waals surface area contributed by atoms with E-state index in [9.17, 15) is 9.59 Å². The Hall–Kier alpha value is -2.67. The molecule has 1 aromatic carbocycles. The SMILES string of the molecule is COCCn1c([C@@H](C)c2ccccc2)nc2c1c(=O)n(C)c(=O)n2C(C)C. The third kappa shape index (κ3) is 3.23. The first-order valence-electron chi connectivity index (χ1n) is 9.14. The highest BCUT2D eigenvalue weighted by Gasteiger charge is 2.24. The van der Waals surface area contributed by atoms with Crippen LogP contribution in [0.5, 0.6) is 0 Å². The second-order valence-electron chi connectivity index (χ2n) is 7.03. The Labute approximate surface area is 157 Å². The second kappa shape index (κ2) is 7.52. The lowest BCUT2D eigenvalue weighted by Crippen LogP contribution is -2.39. The largest absolute Gasteiger partial charge is 0.383 e. The molecule has 27 heavy (non-hydrogen) atoms. The molecule has 1 atom stereocenters. The zero-order chi connectivity index (χ0) is 19.7. The predicted octanol–water partition coefficient (Wildman–Crippen LogP) is 2.28. The van der Waals surface area contributed by atoms with E-state index in [0.29, 0.717) is 24.3 Å². The molecule has 0 spiro atoms. The van der Waals surface area contributed by atoms with Crippen LogP contribution in [0.2, 0.25) is 0 Å². The van der Waals surface area contributed by atoms with Crippen LogP contribution in [0.3, 0.4) is 0 Å². The normalized spacial score (nSPS) is 12.8. The van der Waals surface area contributed by atoms with E-state index < -0.39 is 0 Å². The molecule has 0 fully saturated rings. The first-order chi connectivity index (χ1) is 12.9. The zero-order valence-electron chi connectivity index (χ0n) is 16.5. The fraction of sp³-hybridized carbons (Fsp3) is 0.450. The average molecular weight is 370 g/mol. The van der Waals surface area contributed by atoms with E-state index in [1.54, 1.807) is 11.7 Å². The molecular weight excluding hydrogens is 344 g/mol. The minimum atomic E-state index is -0.349. The van der Waals surface area contributed by atoms with Crippen molar-refractivity contribution in [3.8, 4) is 0 Å². The highest BCUT2D eigenvalue weighted by molar-refractivity contribution is 5.71. The van der Waals surface area contributed by atoms with Crippen LogP contribution in [0.25, 0.3) is 11.2 Å². The van der Waals surface area contributed by atoms with Gasteiger partial charge in [0.2, 0.25) is 0 Å². The standard InChI is InChI=1S/C20H26N4O3/c1-13(2)24-18-16(19(25)22(4)20(24)26)23(11-12-27-5)17(21-18)14(3)15-9-7-6-8-10-15/h6-10,13-14H,11-12H2,1-5H3/t14-/m0/s1. The van der Waals surface area contributed by atoms with Gasteiger partial charge >= 0.3 is 5.69 Å². The number of fused-ring (bicyclic) bond motifs is 1. The van der Waals surface area contributed by atoms with Gasteiger partial charge in [0.15, 0.2) is 11.2 Å². The minimum Gasteiger partial charge on any atom is -0.383 e. The summed E-state index contributed by atoms with van der Waals surface area (Å²) in [6, 6.07) is 9.90. The van der Waals surface area contributed by atoms with Crippen molar-refractivity contribution in [1.29, 1.82) is 0 Å². The van der Waals surface area contributed by atoms with E-state index >= 15 is 0 Å². The fourth-order valence-electron chi connectivity index (χ4n) is 3.43. The van der Waals surface area contributed by atoms with Crippen LogP contribution in [0.1, 0.15) is 44.1 Å². The number of nitrogens with zero attached hydrogens (tertiary/aromatic N) is 4. The molecule has 0 aliphatic carbocycles. The van der Waals surface area contributed by atoms with Gasteiger partial charge in [-0.15, -0.1) is 0 Å². The molecule has 0 saturated carbocycles. The number of hydrogen-bond donors (Lipinski definition) is 0. The summed E-state index contributed by atoms with van der Waals surface area (Å²) in [4.78, 5) is 30.4. The highest BCUT2D eigenvalue weighted by Crippen LogP contribution is 2.26. The Morgan fingerprint density at radius 3 is 2.37 bits per heavy atom. The van der Waals surface area contributed by atoms with Gasteiger partial charge in [-0.3, -0.25) is 13.9 Å². The molecule has 3 rings (SSSR count). The van der Waals surface area contributed by atoms with Gasteiger partial charge < -0.3 is 9.30 Å². The summed E-state index contributed by atoms with van der Waals surface area (Å²) >= 11 is 0. The summed E-state index contributed by atoms with van der Waals surface area (Å²) in [7, 11) is 3.14. The van der Waals surface area contributed by atoms with E-state index in [2.05, 4.69) is 6.92 Å². The maximum Gasteiger partial charge on any atom is 0.332 e. The van der Waals surface area contributed by atoms with Crippen molar-refractivity contribution in [2.24, 2.45) is 7.05 Å². The summed E-state index contributed by atoms with van der Waals surface area (Å²) < 4.78 is 9.89. The van der Waals surface area contributed by atoms with Crippen LogP contribution in [-0.4, -0.2) is 32.4 Å². The third-order valence-corrected chi connectivity index (χ3v) is 4.93. The molecule has 0 unspecified atom stereocenters. The number of imidazole rings is 1. The van der Waals surface area contributed by atoms with Gasteiger partial charge in [-0.25, -0.2) is 9.78 Å². The monoisotopic (exact) mass is 370 g/mol. The van der Waals surface area contributed by atoms with Crippen LogP contribution >= 0.6 is 0 Å². The van der Waals surface area contributed by atoms with Gasteiger partial charge in [0, 0.05) is 32.7 Å². The Morgan fingerprint density at radius 2 is 1.78 bits per heavy atom. The molecule has 2 heterocycles. The lowest BCUT2D eigenvalue weighted by atomic mass is 10.0. The van der Waals surface area contributed by atoms with Crippen LogP contribution in [0, 0.1) is 0 Å². The molecule has 3 aromatic rings. The van der Waals surface area contributed by atoms with Crippen molar-refractivity contribution in [2.45, 2.75) is 39.3 Å². The average Bonchev–Trinajstić information content (AvgIpc) is 3.03. The molecule has 2 aromatic heterocycles. The molecule has 0 N–H and O–H groups in total. The summed E-state index contributed by atoms with van der Waals surface area (Å²) in [5.74, 6) is 0.723. The fourth-order valence-corrected chi connectivity index (χ4v) is 3.43. The molecule has 0 radical (unpaired) electrons. The third-order valence-electron chi connectivity index (χ3n) is 4.93. The topological polar surface area (TPSA) is 71.1 Å². The summed E-state index contributed by atoms with van der Waals surface area (Å²) in [5, 5.41) is 0. The van der Waals surface area contributed by atoms with E-state index in [4.69, 9.17) is 9.72 Å². The van der Waals surface area contributed by atoms with Crippen molar-refractivity contribution >= 4 is 11.2 Å². The smallest absolute Gasteiger partial charge is 0.332 e. The van der Waals surface area contributed by atoms with Gasteiger partial charge in [-0.1, -0.05) is 37.3 Å². The number of aromatic nitrogens is 4.